The van der Waals surface area contributed by atoms with E-state index >= 15 is 0 Å². The number of halogens is 1. The molecule has 106 valence electrons. The quantitative estimate of drug-likeness (QED) is 0.816. The summed E-state index contributed by atoms with van der Waals surface area (Å²) in [6.45, 7) is 4.93. The van der Waals surface area contributed by atoms with Crippen LogP contribution in [0.2, 0.25) is 0 Å². The number of amides is 1. The highest BCUT2D eigenvalue weighted by Crippen LogP contribution is 2.20. The predicted octanol–water partition coefficient (Wildman–Crippen LogP) is 2.35. The van der Waals surface area contributed by atoms with Crippen LogP contribution in [-0.4, -0.2) is 37.5 Å². The Hall–Kier alpha value is -1.07. The van der Waals surface area contributed by atoms with E-state index in [0.717, 1.165) is 4.47 Å². The molecule has 0 fully saturated rings. The summed E-state index contributed by atoms with van der Waals surface area (Å²) >= 11 is 3.33. The first-order chi connectivity index (χ1) is 8.82. The van der Waals surface area contributed by atoms with Gasteiger partial charge in [-0.2, -0.15) is 0 Å². The molecule has 0 aliphatic rings. The lowest BCUT2D eigenvalue weighted by molar-refractivity contribution is 0.0934. The highest BCUT2D eigenvalue weighted by molar-refractivity contribution is 9.10. The summed E-state index contributed by atoms with van der Waals surface area (Å²) in [5, 5.41) is 2.97. The van der Waals surface area contributed by atoms with Gasteiger partial charge in [-0.3, -0.25) is 4.79 Å². The zero-order valence-electron chi connectivity index (χ0n) is 11.9. The molecule has 1 amide bonds. The van der Waals surface area contributed by atoms with Gasteiger partial charge in [0.15, 0.2) is 0 Å². The minimum Gasteiger partial charge on any atom is -0.398 e. The van der Waals surface area contributed by atoms with Crippen molar-refractivity contribution in [1.29, 1.82) is 0 Å². The van der Waals surface area contributed by atoms with Crippen molar-refractivity contribution < 1.29 is 4.79 Å². The molecule has 1 aromatic carbocycles. The van der Waals surface area contributed by atoms with Crippen LogP contribution in [0.25, 0.3) is 0 Å². The average molecular weight is 328 g/mol. The van der Waals surface area contributed by atoms with E-state index in [2.05, 4.69) is 40.0 Å². The van der Waals surface area contributed by atoms with Crippen LogP contribution in [0.5, 0.6) is 0 Å². The van der Waals surface area contributed by atoms with Gasteiger partial charge >= 0.3 is 0 Å². The predicted molar refractivity (Wildman–Crippen MR) is 83.2 cm³/mol. The molecule has 0 radical (unpaired) electrons. The van der Waals surface area contributed by atoms with Crippen LogP contribution < -0.4 is 11.1 Å². The van der Waals surface area contributed by atoms with E-state index in [1.807, 2.05) is 14.1 Å². The van der Waals surface area contributed by atoms with Gasteiger partial charge in [0.2, 0.25) is 0 Å². The van der Waals surface area contributed by atoms with E-state index in [0.29, 0.717) is 29.8 Å². The second-order valence-corrected chi connectivity index (χ2v) is 6.08. The maximum absolute atomic E-state index is 12.1. The number of likely N-dealkylation sites (N-methyl/N-ethyl adjacent to an activating group) is 1. The second kappa shape index (κ2) is 6.91. The smallest absolute Gasteiger partial charge is 0.251 e. The number of carbonyl (C=O) groups excluding carboxylic acids is 1. The summed E-state index contributed by atoms with van der Waals surface area (Å²) in [5.74, 6) is 0.404. The lowest BCUT2D eigenvalue weighted by Gasteiger charge is -2.28. The molecule has 0 aromatic heterocycles. The lowest BCUT2D eigenvalue weighted by atomic mass is 10.0. The van der Waals surface area contributed by atoms with E-state index in [-0.39, 0.29) is 5.91 Å². The van der Waals surface area contributed by atoms with Gasteiger partial charge in [0.1, 0.15) is 0 Å². The van der Waals surface area contributed by atoms with Gasteiger partial charge in [-0.15, -0.1) is 0 Å². The zero-order chi connectivity index (χ0) is 14.6. The largest absolute Gasteiger partial charge is 0.398 e. The highest BCUT2D eigenvalue weighted by atomic mass is 79.9. The number of nitrogens with two attached hydrogens (primary N) is 1. The van der Waals surface area contributed by atoms with Gasteiger partial charge in [-0.05, 0) is 54.1 Å². The molecule has 0 bridgehead atoms. The van der Waals surface area contributed by atoms with Crippen LogP contribution in [-0.2, 0) is 0 Å². The van der Waals surface area contributed by atoms with Crippen molar-refractivity contribution in [2.45, 2.75) is 19.9 Å². The Morgan fingerprint density at radius 2 is 2.05 bits per heavy atom. The maximum Gasteiger partial charge on any atom is 0.251 e. The Labute approximate surface area is 123 Å². The minimum absolute atomic E-state index is 0.0757. The monoisotopic (exact) mass is 327 g/mol. The van der Waals surface area contributed by atoms with Crippen LogP contribution >= 0.6 is 15.9 Å². The fourth-order valence-corrected chi connectivity index (χ4v) is 2.36. The molecule has 0 spiro atoms. The first kappa shape index (κ1) is 16.0. The molecule has 1 atom stereocenters. The summed E-state index contributed by atoms with van der Waals surface area (Å²) in [5.41, 5.74) is 6.95. The number of benzene rings is 1. The summed E-state index contributed by atoms with van der Waals surface area (Å²) in [6.07, 6.45) is 0. The fraction of sp³-hybridized carbons (Fsp3) is 0.500. The van der Waals surface area contributed by atoms with E-state index in [1.165, 1.54) is 0 Å². The standard InChI is InChI=1S/C14H22BrN3O/c1-9(2)13(18(3)4)8-17-14(19)10-5-6-12(16)11(15)7-10/h5-7,9,13H,8,16H2,1-4H3,(H,17,19). The first-order valence-corrected chi connectivity index (χ1v) is 7.12. The van der Waals surface area contributed by atoms with Gasteiger partial charge in [-0.25, -0.2) is 0 Å². The molecule has 0 heterocycles. The molecule has 1 rings (SSSR count). The lowest BCUT2D eigenvalue weighted by Crippen LogP contribution is -2.43. The van der Waals surface area contributed by atoms with Gasteiger partial charge in [0, 0.05) is 28.3 Å². The van der Waals surface area contributed by atoms with Crippen molar-refractivity contribution in [1.82, 2.24) is 10.2 Å². The fourth-order valence-electron chi connectivity index (χ4n) is 1.98. The van der Waals surface area contributed by atoms with Gasteiger partial charge in [-0.1, -0.05) is 13.8 Å². The molecule has 19 heavy (non-hydrogen) atoms. The third kappa shape index (κ3) is 4.51. The molecule has 0 aliphatic carbocycles. The average Bonchev–Trinajstić information content (AvgIpc) is 2.31. The molecule has 5 heteroatoms. The van der Waals surface area contributed by atoms with E-state index < -0.39 is 0 Å². The molecule has 1 aromatic rings. The number of hydrogen-bond acceptors (Lipinski definition) is 3. The van der Waals surface area contributed by atoms with Crippen molar-refractivity contribution in [3.8, 4) is 0 Å². The zero-order valence-corrected chi connectivity index (χ0v) is 13.5. The van der Waals surface area contributed by atoms with Crippen molar-refractivity contribution in [3.63, 3.8) is 0 Å². The molecular weight excluding hydrogens is 306 g/mol. The SMILES string of the molecule is CC(C)C(CNC(=O)c1ccc(N)c(Br)c1)N(C)C. The Balaban J connectivity index is 2.66. The molecule has 0 saturated heterocycles. The van der Waals surface area contributed by atoms with E-state index in [4.69, 9.17) is 5.73 Å². The van der Waals surface area contributed by atoms with Crippen LogP contribution in [0.15, 0.2) is 22.7 Å². The summed E-state index contributed by atoms with van der Waals surface area (Å²) < 4.78 is 0.744. The normalized spacial score (nSPS) is 12.8. The van der Waals surface area contributed by atoms with Gasteiger partial charge in [0.25, 0.3) is 5.91 Å². The Morgan fingerprint density at radius 3 is 2.53 bits per heavy atom. The van der Waals surface area contributed by atoms with Gasteiger partial charge < -0.3 is 16.0 Å². The van der Waals surface area contributed by atoms with Crippen LogP contribution in [0.3, 0.4) is 0 Å². The number of nitrogens with one attached hydrogen (secondary N) is 1. The summed E-state index contributed by atoms with van der Waals surface area (Å²) in [4.78, 5) is 14.2. The first-order valence-electron chi connectivity index (χ1n) is 6.32. The van der Waals surface area contributed by atoms with Crippen molar-refractivity contribution in [2.75, 3.05) is 26.4 Å². The molecule has 3 N–H and O–H groups in total. The van der Waals surface area contributed by atoms with Crippen molar-refractivity contribution in [2.24, 2.45) is 5.92 Å². The molecular formula is C14H22BrN3O. The third-order valence-electron chi connectivity index (χ3n) is 3.17. The second-order valence-electron chi connectivity index (χ2n) is 5.22. The summed E-state index contributed by atoms with van der Waals surface area (Å²) in [6, 6.07) is 5.52. The topological polar surface area (TPSA) is 58.4 Å². The van der Waals surface area contributed by atoms with E-state index in [1.54, 1.807) is 18.2 Å². The number of hydrogen-bond donors (Lipinski definition) is 2. The number of nitrogen functional groups attached to an aromatic ring is 1. The van der Waals surface area contributed by atoms with Crippen LogP contribution in [0.4, 0.5) is 5.69 Å². The van der Waals surface area contributed by atoms with Crippen LogP contribution in [0.1, 0.15) is 24.2 Å². The van der Waals surface area contributed by atoms with Crippen molar-refractivity contribution in [3.05, 3.63) is 28.2 Å². The highest BCUT2D eigenvalue weighted by Gasteiger charge is 2.17. The van der Waals surface area contributed by atoms with E-state index in [9.17, 15) is 4.79 Å². The molecule has 4 nitrogen and oxygen atoms in total. The Kier molecular flexibility index (Phi) is 5.82. The number of rotatable bonds is 5. The number of carbonyl (C=O) groups is 1. The molecule has 0 saturated carbocycles. The Bertz CT molecular complexity index is 438. The van der Waals surface area contributed by atoms with Gasteiger partial charge in [0.05, 0.1) is 0 Å². The minimum atomic E-state index is -0.0757. The maximum atomic E-state index is 12.1. The molecule has 1 unspecified atom stereocenters. The van der Waals surface area contributed by atoms with Crippen LogP contribution in [0, 0.1) is 5.92 Å². The summed E-state index contributed by atoms with van der Waals surface area (Å²) in [7, 11) is 4.05. The number of anilines is 1. The Morgan fingerprint density at radius 1 is 1.42 bits per heavy atom. The third-order valence-corrected chi connectivity index (χ3v) is 3.85. The van der Waals surface area contributed by atoms with Crippen molar-refractivity contribution >= 4 is 27.5 Å². The number of nitrogens with zero attached hydrogens (tertiary/aromatic N) is 1. The molecule has 0 aliphatic heterocycles.